The van der Waals surface area contributed by atoms with Gasteiger partial charge in [0.1, 0.15) is 0 Å². The van der Waals surface area contributed by atoms with Crippen molar-refractivity contribution in [1.82, 2.24) is 0 Å². The Morgan fingerprint density at radius 1 is 0.773 bits per heavy atom. The van der Waals surface area contributed by atoms with Crippen molar-refractivity contribution in [2.75, 3.05) is 32.1 Å². The summed E-state index contributed by atoms with van der Waals surface area (Å²) in [5, 5.41) is -0.0698. The average Bonchev–Trinajstić information content (AvgIpc) is 2.55. The van der Waals surface area contributed by atoms with Gasteiger partial charge in [-0.15, -0.1) is 0 Å². The van der Waals surface area contributed by atoms with Crippen molar-refractivity contribution < 1.29 is 17.8 Å². The molecule has 0 rings (SSSR count). The van der Waals surface area contributed by atoms with E-state index in [2.05, 4.69) is 27.7 Å². The van der Waals surface area contributed by atoms with Gasteiger partial charge in [0.2, 0.25) is 0 Å². The van der Waals surface area contributed by atoms with Crippen LogP contribution in [0.5, 0.6) is 0 Å². The predicted molar refractivity (Wildman–Crippen MR) is 97.3 cm³/mol. The van der Waals surface area contributed by atoms with E-state index in [1.165, 1.54) is 0 Å². The molecule has 0 radical (unpaired) electrons. The third-order valence-electron chi connectivity index (χ3n) is 3.96. The third kappa shape index (κ3) is 6.08. The van der Waals surface area contributed by atoms with Crippen LogP contribution < -0.4 is 0 Å². The van der Waals surface area contributed by atoms with Crippen LogP contribution in [0.3, 0.4) is 0 Å². The first-order valence-electron chi connectivity index (χ1n) is 8.99. The molecule has 4 nitrogen and oxygen atoms in total. The lowest BCUT2D eigenvalue weighted by atomic mass is 10.5. The number of rotatable bonds is 14. The monoisotopic (exact) mass is 352 g/mol. The van der Waals surface area contributed by atoms with Crippen LogP contribution in [0.15, 0.2) is 0 Å². The van der Waals surface area contributed by atoms with Gasteiger partial charge in [0, 0.05) is 19.8 Å². The van der Waals surface area contributed by atoms with E-state index in [1.807, 2.05) is 13.8 Å². The molecule has 0 amide bonds. The molecule has 0 aliphatic rings. The zero-order chi connectivity index (χ0) is 17.1. The van der Waals surface area contributed by atoms with Crippen molar-refractivity contribution in [2.24, 2.45) is 0 Å². The molecule has 0 spiro atoms. The zero-order valence-electron chi connectivity index (χ0n) is 15.5. The van der Waals surface area contributed by atoms with E-state index in [1.54, 1.807) is 0 Å². The van der Waals surface area contributed by atoms with Crippen molar-refractivity contribution in [3.63, 3.8) is 0 Å². The summed E-state index contributed by atoms with van der Waals surface area (Å²) < 4.78 is 32.0. The molecule has 0 aliphatic carbocycles. The lowest BCUT2D eigenvalue weighted by Gasteiger charge is -2.39. The van der Waals surface area contributed by atoms with Crippen molar-refractivity contribution >= 4 is 15.9 Å². The van der Waals surface area contributed by atoms with Gasteiger partial charge in [-0.25, -0.2) is 0 Å². The van der Waals surface area contributed by atoms with Crippen LogP contribution >= 0.6 is 7.14 Å². The van der Waals surface area contributed by atoms with Crippen LogP contribution in [0.25, 0.3) is 0 Å². The van der Waals surface area contributed by atoms with Gasteiger partial charge in [0.05, 0.1) is 12.4 Å². The Bertz CT molecular complexity index is 295. The van der Waals surface area contributed by atoms with Gasteiger partial charge >= 0.3 is 8.80 Å². The van der Waals surface area contributed by atoms with Crippen LogP contribution in [-0.2, 0) is 17.8 Å². The highest BCUT2D eigenvalue weighted by molar-refractivity contribution is 7.67. The summed E-state index contributed by atoms with van der Waals surface area (Å²) >= 11 is 0. The van der Waals surface area contributed by atoms with Gasteiger partial charge in [-0.05, 0) is 38.0 Å². The van der Waals surface area contributed by atoms with Crippen molar-refractivity contribution in [1.29, 1.82) is 0 Å². The minimum atomic E-state index is -2.93. The van der Waals surface area contributed by atoms with Crippen LogP contribution in [0, 0.1) is 0 Å². The Kier molecular flexibility index (Phi) is 12.0. The molecule has 0 bridgehead atoms. The van der Waals surface area contributed by atoms with E-state index in [0.717, 1.165) is 25.7 Å². The maximum absolute atomic E-state index is 13.4. The summed E-state index contributed by atoms with van der Waals surface area (Å²) in [5.41, 5.74) is 0. The third-order valence-corrected chi connectivity index (χ3v) is 13.0. The van der Waals surface area contributed by atoms with Gasteiger partial charge < -0.3 is 17.8 Å². The fourth-order valence-corrected chi connectivity index (χ4v) is 11.5. The van der Waals surface area contributed by atoms with Crippen molar-refractivity contribution in [2.45, 2.75) is 72.5 Å². The summed E-state index contributed by atoms with van der Waals surface area (Å²) in [7, 11) is -5.28. The fourth-order valence-electron chi connectivity index (χ4n) is 2.68. The Morgan fingerprint density at radius 3 is 1.36 bits per heavy atom. The van der Waals surface area contributed by atoms with Crippen LogP contribution in [0.2, 0.25) is 0 Å². The van der Waals surface area contributed by atoms with Crippen LogP contribution in [0.4, 0.5) is 0 Å². The first-order chi connectivity index (χ1) is 10.5. The number of hydrogen-bond donors (Lipinski definition) is 0. The summed E-state index contributed by atoms with van der Waals surface area (Å²) in [6, 6.07) is 0. The first-order valence-corrected chi connectivity index (χ1v) is 12.9. The van der Waals surface area contributed by atoms with E-state index in [-0.39, 0.29) is 5.28 Å². The Balaban J connectivity index is 5.63. The largest absolute Gasteiger partial charge is 0.511 e. The zero-order valence-corrected chi connectivity index (χ0v) is 17.4. The second kappa shape index (κ2) is 11.8. The van der Waals surface area contributed by atoms with E-state index < -0.39 is 15.9 Å². The normalized spacial score (nSPS) is 14.3. The molecule has 0 saturated heterocycles. The summed E-state index contributed by atoms with van der Waals surface area (Å²) in [5.74, 6) is 0. The molecular weight excluding hydrogens is 315 g/mol. The molecule has 0 fully saturated rings. The predicted octanol–water partition coefficient (Wildman–Crippen LogP) is 4.93. The second-order valence-electron chi connectivity index (χ2n) is 5.66. The molecule has 1 unspecified atom stereocenters. The lowest BCUT2D eigenvalue weighted by molar-refractivity contribution is 0.0563. The summed E-state index contributed by atoms with van der Waals surface area (Å²) in [6.07, 6.45) is 4.92. The minimum Gasteiger partial charge on any atom is -0.373 e. The average molecular weight is 353 g/mol. The van der Waals surface area contributed by atoms with Gasteiger partial charge in [-0.2, -0.15) is 0 Å². The Hall–Kier alpha value is 0.327. The van der Waals surface area contributed by atoms with E-state index in [4.69, 9.17) is 13.3 Å². The van der Waals surface area contributed by atoms with E-state index >= 15 is 0 Å². The summed E-state index contributed by atoms with van der Waals surface area (Å²) in [6.45, 7) is 14.2. The minimum absolute atomic E-state index is 0.0698. The Morgan fingerprint density at radius 2 is 1.14 bits per heavy atom. The van der Waals surface area contributed by atoms with Gasteiger partial charge in [0.25, 0.3) is 0 Å². The number of hydrogen-bond acceptors (Lipinski definition) is 4. The molecule has 0 N–H and O–H groups in total. The highest BCUT2D eigenvalue weighted by Gasteiger charge is 2.55. The van der Waals surface area contributed by atoms with E-state index in [0.29, 0.717) is 32.1 Å². The first kappa shape index (κ1) is 22.3. The van der Waals surface area contributed by atoms with Gasteiger partial charge in [-0.3, -0.25) is 0 Å². The molecule has 6 heteroatoms. The highest BCUT2D eigenvalue weighted by atomic mass is 31.2. The smallest absolute Gasteiger partial charge is 0.373 e. The molecule has 0 aromatic rings. The molecule has 22 heavy (non-hydrogen) atoms. The standard InChI is InChI=1S/C16H37O4PSi/c1-7-13-18-22(19-14-8-2,20-15-9-3)16(10-4)21(17,11-5)12-6/h16H,7-15H2,1-6H3. The molecule has 0 aromatic heterocycles. The molecule has 1 atom stereocenters. The maximum atomic E-state index is 13.4. The van der Waals surface area contributed by atoms with E-state index in [9.17, 15) is 4.57 Å². The maximum Gasteiger partial charge on any atom is 0.511 e. The molecule has 0 saturated carbocycles. The lowest BCUT2D eigenvalue weighted by Crippen LogP contribution is -2.57. The van der Waals surface area contributed by atoms with Crippen molar-refractivity contribution in [3.05, 3.63) is 0 Å². The highest BCUT2D eigenvalue weighted by Crippen LogP contribution is 2.55. The molecular formula is C16H37O4PSi. The topological polar surface area (TPSA) is 44.8 Å². The molecule has 0 heterocycles. The quantitative estimate of drug-likeness (QED) is 0.328. The molecule has 0 aromatic carbocycles. The van der Waals surface area contributed by atoms with Crippen LogP contribution in [0.1, 0.15) is 67.2 Å². The molecule has 0 aliphatic heterocycles. The molecule has 134 valence electrons. The second-order valence-corrected chi connectivity index (χ2v) is 12.7. The summed E-state index contributed by atoms with van der Waals surface area (Å²) in [4.78, 5) is 0. The fraction of sp³-hybridized carbons (Fsp3) is 1.00. The van der Waals surface area contributed by atoms with Crippen LogP contribution in [-0.4, -0.2) is 46.2 Å². The van der Waals surface area contributed by atoms with Crippen molar-refractivity contribution in [3.8, 4) is 0 Å². The SMILES string of the molecule is CCCO[Si](OCCC)(OCCC)C(CC)P(=O)(CC)CC. The van der Waals surface area contributed by atoms with Gasteiger partial charge in [0.15, 0.2) is 0 Å². The Labute approximate surface area is 139 Å². The van der Waals surface area contributed by atoms with Gasteiger partial charge in [-0.1, -0.05) is 41.5 Å².